The summed E-state index contributed by atoms with van der Waals surface area (Å²) in [5, 5.41) is 163. The van der Waals surface area contributed by atoms with Crippen molar-refractivity contribution in [3.8, 4) is 0 Å². The summed E-state index contributed by atoms with van der Waals surface area (Å²) in [6.45, 7) is -11.6. The predicted octanol–water partition coefficient (Wildman–Crippen LogP) is -16.4. The zero-order valence-corrected chi connectivity index (χ0v) is 57.4. The van der Waals surface area contributed by atoms with E-state index >= 15 is 0 Å². The van der Waals surface area contributed by atoms with Gasteiger partial charge in [-0.1, -0.05) is 0 Å². The summed E-state index contributed by atoms with van der Waals surface area (Å²) in [5.41, 5.74) is 0. The molecule has 0 aromatic heterocycles. The van der Waals surface area contributed by atoms with E-state index in [9.17, 15) is 162 Å². The second-order valence-corrected chi connectivity index (χ2v) is 31.0. The normalized spacial score (nSPS) is 44.9. The van der Waals surface area contributed by atoms with Crippen LogP contribution in [-0.2, 0) is 168 Å². The lowest BCUT2D eigenvalue weighted by atomic mass is 9.95. The molecular weight excluding hydrogens is 1620 g/mol. The molecule has 1 unspecified atom stereocenters. The van der Waals surface area contributed by atoms with E-state index in [0.29, 0.717) is 0 Å². The van der Waals surface area contributed by atoms with Crippen molar-refractivity contribution >= 4 is 72.8 Å². The van der Waals surface area contributed by atoms with Gasteiger partial charge in [0.1, 0.15) is 171 Å². The van der Waals surface area contributed by atoms with Crippen molar-refractivity contribution in [3.05, 3.63) is 0 Å². The lowest BCUT2D eigenvalue weighted by Gasteiger charge is -2.50. The fourth-order valence-corrected chi connectivity index (χ4v) is 13.5. The molecule has 0 saturated carbocycles. The first-order chi connectivity index (χ1) is 48.2. The smallest absolute Gasteiger partial charge is 0.387 e. The van der Waals surface area contributed by atoms with Crippen LogP contribution < -0.4 is 0 Å². The summed E-state index contributed by atoms with van der Waals surface area (Å²) in [6, 6.07) is 0. The molecule has 616 valence electrons. The maximum atomic E-state index is 12.0. The van der Waals surface area contributed by atoms with Crippen molar-refractivity contribution in [2.45, 2.75) is 215 Å². The molecule has 21 N–H and O–H groups in total. The highest BCUT2D eigenvalue weighted by molar-refractivity contribution is 7.82. The van der Waals surface area contributed by atoms with Gasteiger partial charge in [-0.05, 0) is 0 Å². The highest BCUT2D eigenvalue weighted by atomic mass is 32.3. The summed E-state index contributed by atoms with van der Waals surface area (Å²) in [4.78, 5) is 0. The minimum Gasteiger partial charge on any atom is -0.387 e. The van der Waals surface area contributed by atoms with E-state index < -0.39 is 334 Å². The average Bonchev–Trinajstić information content (AvgIpc) is 0.789. The Bertz CT molecular complexity index is 3040. The van der Waals surface area contributed by atoms with Gasteiger partial charge in [-0.3, -0.25) is 31.9 Å². The second-order valence-electron chi connectivity index (χ2n) is 23.4. The SMILES string of the molecule is O=S(=O)(O)OC[C@@H]1O[C@@H]2O[C@H]3[C@H](O)[C@@H](O)[C@@H](O[C@H]4[C@H](O)[C@H](O)[C@@H](O[C@H]5[C@@H](O)[C@@H](O)[C@@H](O[C@H]6[C@@H](O)[C@H](O)C(O[C@H]7[C@H](O)[C@@H](O)[C@@H](O[C@H]8[C@H](O)[C@@H](O)[C@@H](O[C@H]1[C@H](O)[C@H]2O)O[C@H]8COS(=O)(=O)O)O[C@@H]7COS(=O)(=O)O)O[C@@H]6COS(=O)(=O)O)O[C@@H]5COS(=O)(=O)O)O[C@@H]4COS(=O)(=O)O)O[C@H]3COS(=O)(=O)O. The van der Waals surface area contributed by atoms with Crippen LogP contribution >= 0.6 is 0 Å². The number of hydrogen-bond donors (Lipinski definition) is 21. The van der Waals surface area contributed by atoms with Crippen molar-refractivity contribution in [2.24, 2.45) is 0 Å². The molecule has 35 atom stereocenters. The molecule has 105 heavy (non-hydrogen) atoms. The predicted molar refractivity (Wildman–Crippen MR) is 301 cm³/mol. The minimum absolute atomic E-state index is 1.65. The van der Waals surface area contributed by atoms with E-state index in [1.165, 1.54) is 0 Å². The molecular formula is C42H70O56S7. The molecule has 0 spiro atoms. The van der Waals surface area contributed by atoms with Crippen LogP contribution in [0.2, 0.25) is 0 Å². The van der Waals surface area contributed by atoms with E-state index in [1.807, 2.05) is 0 Å². The molecule has 21 heterocycles. The molecule has 21 saturated heterocycles. The van der Waals surface area contributed by atoms with Crippen LogP contribution in [0.3, 0.4) is 0 Å². The molecule has 0 aliphatic carbocycles. The Hall–Kier alpha value is -2.03. The quantitative estimate of drug-likeness (QED) is 0.0475. The van der Waals surface area contributed by atoms with Gasteiger partial charge in [0.15, 0.2) is 44.0 Å². The van der Waals surface area contributed by atoms with Gasteiger partial charge >= 0.3 is 72.8 Å². The third-order valence-electron chi connectivity index (χ3n) is 16.2. The van der Waals surface area contributed by atoms with Crippen LogP contribution in [0, 0.1) is 0 Å². The first-order valence-corrected chi connectivity index (χ1v) is 38.8. The third kappa shape index (κ3) is 23.6. The van der Waals surface area contributed by atoms with Gasteiger partial charge in [0.25, 0.3) is 0 Å². The fraction of sp³-hybridized carbons (Fsp3) is 1.00. The van der Waals surface area contributed by atoms with Crippen LogP contribution in [0.15, 0.2) is 0 Å². The van der Waals surface area contributed by atoms with Crippen LogP contribution in [0.1, 0.15) is 0 Å². The molecule has 14 bridgehead atoms. The lowest BCUT2D eigenvalue weighted by molar-refractivity contribution is -0.395. The van der Waals surface area contributed by atoms with Gasteiger partial charge in [0, 0.05) is 0 Å². The minimum atomic E-state index is -5.67. The van der Waals surface area contributed by atoms with E-state index in [2.05, 4.69) is 29.3 Å². The standard InChI is InChI=1S/C42H70O56S7/c43-15-22(50)36-85-8(1-78-99(57,58)59)29(15)92-37-23(51)16(44)31(10(86-37)3-80-101(63,64)65)94-39-25(53)18(46)33(12(88-39)5-82-103(69,70)71)96-41-27(55)20(48)35(14(90-41)7-84-105(75,76)77)98-42-28(56)21(49)34(13(91-42)6-83-104(72,73)74)97-40-26(54)19(47)32(11(89-40)4-81-102(66,67)68)95-38-24(52)17(45)30(93-36)9(87-38)2-79-100(60,61)62/h8-56H,1-7H2,(H,57,58,59)(H,60,61,62)(H,63,64,65)(H,66,67,68)(H,69,70,71)(H,72,73,74)(H,75,76,77)/t8-,9-,10-,11-,12+,13+,14+,15+,16-,17+,18-,19-,20-,21-,22-,23+,24+,25-,26-,27-,28-,29-,30-,31-,32-,33-,34-,35-,36-,37-,38?,39-,40-,41-,42-/m1/s1. The number of aliphatic hydroxyl groups is 14. The Kier molecular flexibility index (Phi) is 29.3. The van der Waals surface area contributed by atoms with Gasteiger partial charge in [-0.15, -0.1) is 0 Å². The monoisotopic (exact) mass is 1690 g/mol. The Balaban J connectivity index is 1.23. The third-order valence-corrected chi connectivity index (χ3v) is 19.2. The zero-order valence-electron chi connectivity index (χ0n) is 51.7. The molecule has 0 aromatic rings. The Morgan fingerprint density at radius 2 is 0.267 bits per heavy atom. The summed E-state index contributed by atoms with van der Waals surface area (Å²) in [7, 11) is -39.7. The van der Waals surface area contributed by atoms with Crippen LogP contribution in [0.25, 0.3) is 0 Å². The zero-order chi connectivity index (χ0) is 78.5. The molecule has 0 radical (unpaired) electrons. The summed E-state index contributed by atoms with van der Waals surface area (Å²) in [6.07, 6.45) is -93.1. The van der Waals surface area contributed by atoms with Gasteiger partial charge in [0.05, 0.1) is 46.2 Å². The van der Waals surface area contributed by atoms with Crippen molar-refractivity contribution in [3.63, 3.8) is 0 Å². The highest BCUT2D eigenvalue weighted by Crippen LogP contribution is 2.40. The summed E-state index contributed by atoms with van der Waals surface area (Å²) in [5.74, 6) is 0. The first-order valence-electron chi connectivity index (χ1n) is 29.2. The number of ether oxygens (including phenoxy) is 14. The number of aliphatic hydroxyl groups excluding tert-OH is 14. The van der Waals surface area contributed by atoms with Gasteiger partial charge in [-0.25, -0.2) is 29.3 Å². The maximum absolute atomic E-state index is 12.0. The van der Waals surface area contributed by atoms with Crippen LogP contribution in [-0.4, -0.2) is 423 Å². The molecule has 56 nitrogen and oxygen atoms in total. The van der Waals surface area contributed by atoms with E-state index in [1.54, 1.807) is 0 Å². The summed E-state index contributed by atoms with van der Waals surface area (Å²) < 4.78 is 343. The van der Waals surface area contributed by atoms with Crippen molar-refractivity contribution < 1.29 is 258 Å². The second kappa shape index (κ2) is 34.7. The van der Waals surface area contributed by atoms with E-state index in [0.717, 1.165) is 0 Å². The van der Waals surface area contributed by atoms with Gasteiger partial charge in [0.2, 0.25) is 0 Å². The van der Waals surface area contributed by atoms with Gasteiger partial charge in [-0.2, -0.15) is 58.9 Å². The van der Waals surface area contributed by atoms with Crippen molar-refractivity contribution in [2.75, 3.05) is 46.2 Å². The summed E-state index contributed by atoms with van der Waals surface area (Å²) >= 11 is 0. The van der Waals surface area contributed by atoms with Crippen LogP contribution in [0.5, 0.6) is 0 Å². The Morgan fingerprint density at radius 3 is 0.352 bits per heavy atom. The maximum Gasteiger partial charge on any atom is 0.397 e. The molecule has 21 rings (SSSR count). The molecule has 63 heteroatoms. The fourth-order valence-electron chi connectivity index (χ4n) is 11.4. The van der Waals surface area contributed by atoms with E-state index in [-0.39, 0.29) is 0 Å². The number of hydrogen-bond acceptors (Lipinski definition) is 49. The first kappa shape index (κ1) is 88.5. The molecule has 0 aromatic carbocycles. The average molecular weight is 1700 g/mol. The van der Waals surface area contributed by atoms with Crippen molar-refractivity contribution in [1.82, 2.24) is 0 Å². The van der Waals surface area contributed by atoms with Gasteiger partial charge < -0.3 is 138 Å². The topological polar surface area (TPSA) is 858 Å². The molecule has 0 amide bonds. The van der Waals surface area contributed by atoms with Crippen LogP contribution in [0.4, 0.5) is 0 Å². The molecule has 21 fully saturated rings. The Morgan fingerprint density at radius 1 is 0.171 bits per heavy atom. The highest BCUT2D eigenvalue weighted by Gasteiger charge is 2.61. The van der Waals surface area contributed by atoms with E-state index in [4.69, 9.17) is 66.3 Å². The number of rotatable bonds is 21. The van der Waals surface area contributed by atoms with Crippen molar-refractivity contribution in [1.29, 1.82) is 0 Å². The lowest BCUT2D eigenvalue weighted by Crippen LogP contribution is -2.68. The Labute approximate surface area is 589 Å². The largest absolute Gasteiger partial charge is 0.397 e. The molecule has 21 aliphatic heterocycles. The molecule has 21 aliphatic rings.